The van der Waals surface area contributed by atoms with Gasteiger partial charge < -0.3 is 10.6 Å². The van der Waals surface area contributed by atoms with E-state index >= 15 is 0 Å². The molecule has 19 heavy (non-hydrogen) atoms. The third-order valence-corrected chi connectivity index (χ3v) is 3.87. The molecule has 1 heterocycles. The number of hydrogen-bond acceptors (Lipinski definition) is 3. The minimum absolute atomic E-state index is 0.0699. The molecule has 2 N–H and O–H groups in total. The Bertz CT molecular complexity index is 435. The molecule has 0 aromatic carbocycles. The van der Waals surface area contributed by atoms with Gasteiger partial charge in [0, 0.05) is 26.2 Å². The Kier molecular flexibility index (Phi) is 4.58. The van der Waals surface area contributed by atoms with Gasteiger partial charge in [0.15, 0.2) is 0 Å². The second-order valence-corrected chi connectivity index (χ2v) is 5.37. The van der Waals surface area contributed by atoms with Crippen LogP contribution >= 0.6 is 0 Å². The number of carbonyl (C=O) groups is 1. The molecule has 5 heteroatoms. The van der Waals surface area contributed by atoms with Gasteiger partial charge in [-0.1, -0.05) is 19.3 Å². The first-order valence-electron chi connectivity index (χ1n) is 7.15. The lowest BCUT2D eigenvalue weighted by Gasteiger charge is -2.34. The van der Waals surface area contributed by atoms with Crippen molar-refractivity contribution in [1.82, 2.24) is 14.7 Å². The summed E-state index contributed by atoms with van der Waals surface area (Å²) in [7, 11) is 1.82. The molecule has 1 aliphatic rings. The molecule has 106 valence electrons. The maximum absolute atomic E-state index is 12.7. The summed E-state index contributed by atoms with van der Waals surface area (Å²) in [6.45, 7) is 3.05. The van der Waals surface area contributed by atoms with Gasteiger partial charge in [-0.3, -0.25) is 9.48 Å². The summed E-state index contributed by atoms with van der Waals surface area (Å²) in [6, 6.07) is 2.20. The smallest absolute Gasteiger partial charge is 0.272 e. The fraction of sp³-hybridized carbons (Fsp3) is 0.714. The van der Waals surface area contributed by atoms with Crippen LogP contribution in [0.2, 0.25) is 0 Å². The van der Waals surface area contributed by atoms with Gasteiger partial charge in [-0.05, 0) is 25.8 Å². The maximum atomic E-state index is 12.7. The number of hydrogen-bond donors (Lipinski definition) is 1. The zero-order valence-electron chi connectivity index (χ0n) is 11.9. The predicted molar refractivity (Wildman–Crippen MR) is 74.9 cm³/mol. The molecule has 5 nitrogen and oxygen atoms in total. The number of nitrogens with two attached hydrogens (primary N) is 1. The van der Waals surface area contributed by atoms with E-state index in [4.69, 9.17) is 5.73 Å². The molecule has 1 amide bonds. The Labute approximate surface area is 114 Å². The summed E-state index contributed by atoms with van der Waals surface area (Å²) in [5.41, 5.74) is 7.22. The number of rotatable bonds is 4. The first-order chi connectivity index (χ1) is 9.13. The molecule has 0 radical (unpaired) electrons. The molecule has 0 saturated heterocycles. The topological polar surface area (TPSA) is 64.2 Å². The molecule has 1 fully saturated rings. The first kappa shape index (κ1) is 14.1. The number of aromatic nitrogens is 2. The van der Waals surface area contributed by atoms with Crippen molar-refractivity contribution in [1.29, 1.82) is 0 Å². The molecule has 0 bridgehead atoms. The molecule has 0 unspecified atom stereocenters. The fourth-order valence-electron chi connectivity index (χ4n) is 2.94. The van der Waals surface area contributed by atoms with Gasteiger partial charge in [0.1, 0.15) is 5.69 Å². The second kappa shape index (κ2) is 6.19. The van der Waals surface area contributed by atoms with E-state index < -0.39 is 0 Å². The average Bonchev–Trinajstić information content (AvgIpc) is 2.75. The van der Waals surface area contributed by atoms with Gasteiger partial charge >= 0.3 is 0 Å². The van der Waals surface area contributed by atoms with Gasteiger partial charge in [-0.15, -0.1) is 0 Å². The molecular formula is C14H24N4O. The summed E-state index contributed by atoms with van der Waals surface area (Å²) in [5.74, 6) is 0.0699. The van der Waals surface area contributed by atoms with Crippen LogP contribution in [-0.4, -0.2) is 39.7 Å². The average molecular weight is 264 g/mol. The van der Waals surface area contributed by atoms with E-state index in [2.05, 4.69) is 5.10 Å². The maximum Gasteiger partial charge on any atom is 0.272 e. The van der Waals surface area contributed by atoms with Crippen LogP contribution in [0.25, 0.3) is 0 Å². The van der Waals surface area contributed by atoms with Crippen molar-refractivity contribution in [3.63, 3.8) is 0 Å². The monoisotopic (exact) mass is 264 g/mol. The van der Waals surface area contributed by atoms with Crippen LogP contribution in [0.15, 0.2) is 6.07 Å². The molecule has 1 aromatic heterocycles. The third kappa shape index (κ3) is 3.15. The van der Waals surface area contributed by atoms with Gasteiger partial charge in [-0.25, -0.2) is 0 Å². The highest BCUT2D eigenvalue weighted by molar-refractivity contribution is 5.93. The van der Waals surface area contributed by atoms with Crippen LogP contribution in [0, 0.1) is 6.92 Å². The Balaban J connectivity index is 2.17. The SMILES string of the molecule is Cc1cc(C(=O)N(CCN)C2CCCCC2)n(C)n1. The Hall–Kier alpha value is -1.36. The lowest BCUT2D eigenvalue weighted by atomic mass is 9.94. The molecule has 0 spiro atoms. The van der Waals surface area contributed by atoms with Gasteiger partial charge in [0.05, 0.1) is 5.69 Å². The van der Waals surface area contributed by atoms with Crippen molar-refractivity contribution in [2.24, 2.45) is 12.8 Å². The number of nitrogens with zero attached hydrogens (tertiary/aromatic N) is 3. The minimum Gasteiger partial charge on any atom is -0.333 e. The molecule has 0 atom stereocenters. The van der Waals surface area contributed by atoms with Crippen molar-refractivity contribution in [2.45, 2.75) is 45.1 Å². The second-order valence-electron chi connectivity index (χ2n) is 5.37. The van der Waals surface area contributed by atoms with E-state index in [9.17, 15) is 4.79 Å². The molecular weight excluding hydrogens is 240 g/mol. The first-order valence-corrected chi connectivity index (χ1v) is 7.15. The zero-order chi connectivity index (χ0) is 13.8. The number of aryl methyl sites for hydroxylation is 2. The van der Waals surface area contributed by atoms with Crippen LogP contribution in [-0.2, 0) is 7.05 Å². The molecule has 1 saturated carbocycles. The number of amides is 1. The van der Waals surface area contributed by atoms with E-state index in [-0.39, 0.29) is 5.91 Å². The minimum atomic E-state index is 0.0699. The highest BCUT2D eigenvalue weighted by atomic mass is 16.2. The molecule has 1 aliphatic carbocycles. The normalized spacial score (nSPS) is 16.6. The highest BCUT2D eigenvalue weighted by Crippen LogP contribution is 2.23. The van der Waals surface area contributed by atoms with Crippen LogP contribution in [0.3, 0.4) is 0 Å². The van der Waals surface area contributed by atoms with E-state index in [0.717, 1.165) is 18.5 Å². The molecule has 0 aliphatic heterocycles. The third-order valence-electron chi connectivity index (χ3n) is 3.87. The van der Waals surface area contributed by atoms with E-state index in [1.165, 1.54) is 19.3 Å². The van der Waals surface area contributed by atoms with Gasteiger partial charge in [0.2, 0.25) is 0 Å². The Morgan fingerprint density at radius 1 is 1.47 bits per heavy atom. The van der Waals surface area contributed by atoms with E-state index in [1.54, 1.807) is 4.68 Å². The Morgan fingerprint density at radius 3 is 2.68 bits per heavy atom. The van der Waals surface area contributed by atoms with Crippen molar-refractivity contribution in [3.8, 4) is 0 Å². The molecule has 2 rings (SSSR count). The van der Waals surface area contributed by atoms with Gasteiger partial charge in [-0.2, -0.15) is 5.10 Å². The van der Waals surface area contributed by atoms with Crippen LogP contribution < -0.4 is 5.73 Å². The summed E-state index contributed by atoms with van der Waals surface area (Å²) < 4.78 is 1.67. The zero-order valence-corrected chi connectivity index (χ0v) is 11.9. The summed E-state index contributed by atoms with van der Waals surface area (Å²) >= 11 is 0. The van der Waals surface area contributed by atoms with Crippen molar-refractivity contribution in [3.05, 3.63) is 17.5 Å². The predicted octanol–water partition coefficient (Wildman–Crippen LogP) is 1.46. The summed E-state index contributed by atoms with van der Waals surface area (Å²) in [6.07, 6.45) is 5.91. The van der Waals surface area contributed by atoms with Crippen molar-refractivity contribution < 1.29 is 4.79 Å². The van der Waals surface area contributed by atoms with Crippen LogP contribution in [0.4, 0.5) is 0 Å². The lowest BCUT2D eigenvalue weighted by molar-refractivity contribution is 0.0630. The standard InChI is InChI=1S/C14H24N4O/c1-11-10-13(17(2)16-11)14(19)18(9-8-15)12-6-4-3-5-7-12/h10,12H,3-9,15H2,1-2H3. The highest BCUT2D eigenvalue weighted by Gasteiger charge is 2.27. The Morgan fingerprint density at radius 2 is 2.16 bits per heavy atom. The van der Waals surface area contributed by atoms with E-state index in [1.807, 2.05) is 24.9 Å². The lowest BCUT2D eigenvalue weighted by Crippen LogP contribution is -2.44. The largest absolute Gasteiger partial charge is 0.333 e. The summed E-state index contributed by atoms with van der Waals surface area (Å²) in [5, 5.41) is 4.26. The van der Waals surface area contributed by atoms with E-state index in [0.29, 0.717) is 24.8 Å². The summed E-state index contributed by atoms with van der Waals surface area (Å²) in [4.78, 5) is 14.6. The quantitative estimate of drug-likeness (QED) is 0.895. The van der Waals surface area contributed by atoms with Crippen LogP contribution in [0.5, 0.6) is 0 Å². The van der Waals surface area contributed by atoms with Crippen LogP contribution in [0.1, 0.15) is 48.3 Å². The van der Waals surface area contributed by atoms with Gasteiger partial charge in [0.25, 0.3) is 5.91 Å². The van der Waals surface area contributed by atoms with Crippen molar-refractivity contribution in [2.75, 3.05) is 13.1 Å². The number of carbonyl (C=O) groups excluding carboxylic acids is 1. The van der Waals surface area contributed by atoms with Crippen molar-refractivity contribution >= 4 is 5.91 Å². The molecule has 1 aromatic rings. The fourth-order valence-corrected chi connectivity index (χ4v) is 2.94.